The number of carbonyl (C=O) groups excluding carboxylic acids is 2. The second kappa shape index (κ2) is 9.16. The van der Waals surface area contributed by atoms with Crippen molar-refractivity contribution in [3.8, 4) is 11.5 Å². The molecule has 0 spiro atoms. The molecule has 0 unspecified atom stereocenters. The number of benzene rings is 1. The summed E-state index contributed by atoms with van der Waals surface area (Å²) in [7, 11) is 1.28. The van der Waals surface area contributed by atoms with Gasteiger partial charge < -0.3 is 14.2 Å². The lowest BCUT2D eigenvalue weighted by molar-refractivity contribution is -0.143. The van der Waals surface area contributed by atoms with Crippen molar-refractivity contribution in [2.75, 3.05) is 26.1 Å². The highest BCUT2D eigenvalue weighted by atomic mass is 79.9. The monoisotopic (exact) mass is 446 g/mol. The van der Waals surface area contributed by atoms with Crippen LogP contribution < -0.4 is 9.47 Å². The first-order valence-corrected chi connectivity index (χ1v) is 9.34. The molecule has 134 valence electrons. The van der Waals surface area contributed by atoms with Crippen molar-refractivity contribution in [3.63, 3.8) is 0 Å². The minimum Gasteiger partial charge on any atom is -0.490 e. The normalized spacial score (nSPS) is 14.3. The number of esters is 1. The van der Waals surface area contributed by atoms with Crippen molar-refractivity contribution in [1.29, 1.82) is 0 Å². The largest absolute Gasteiger partial charge is 0.490 e. The summed E-state index contributed by atoms with van der Waals surface area (Å²) in [5.41, 5.74) is 0.674. The number of rotatable bonds is 7. The smallest absolute Gasteiger partial charge is 0.343 e. The van der Waals surface area contributed by atoms with Crippen molar-refractivity contribution in [2.45, 2.75) is 6.92 Å². The number of ether oxygens (including phenoxy) is 3. The Kier molecular flexibility index (Phi) is 7.21. The van der Waals surface area contributed by atoms with Crippen molar-refractivity contribution in [3.05, 3.63) is 22.2 Å². The Bertz CT molecular complexity index is 710. The summed E-state index contributed by atoms with van der Waals surface area (Å²) in [6, 6.07) is 3.43. The summed E-state index contributed by atoms with van der Waals surface area (Å²) in [6.45, 7) is 2.00. The lowest BCUT2D eigenvalue weighted by Crippen LogP contribution is -2.22. The Morgan fingerprint density at radius 3 is 2.84 bits per heavy atom. The highest BCUT2D eigenvalue weighted by molar-refractivity contribution is 9.10. The van der Waals surface area contributed by atoms with E-state index in [0.717, 1.165) is 0 Å². The van der Waals surface area contributed by atoms with Gasteiger partial charge in [-0.05, 0) is 40.5 Å². The van der Waals surface area contributed by atoms with Crippen LogP contribution in [0.1, 0.15) is 12.5 Å². The van der Waals surface area contributed by atoms with E-state index in [0.29, 0.717) is 38.2 Å². The molecule has 25 heavy (non-hydrogen) atoms. The quantitative estimate of drug-likeness (QED) is 0.361. The first-order chi connectivity index (χ1) is 12.0. The van der Waals surface area contributed by atoms with Crippen LogP contribution in [0.5, 0.6) is 11.5 Å². The number of thioether (sulfide) groups is 1. The Labute approximate surface area is 162 Å². The Morgan fingerprint density at radius 2 is 2.24 bits per heavy atom. The highest BCUT2D eigenvalue weighted by Gasteiger charge is 2.26. The molecule has 10 heteroatoms. The predicted molar refractivity (Wildman–Crippen MR) is 102 cm³/mol. The van der Waals surface area contributed by atoms with Crippen LogP contribution in [0, 0.1) is 0 Å². The zero-order valence-electron chi connectivity index (χ0n) is 13.5. The number of methoxy groups -OCH3 is 1. The molecule has 0 saturated carbocycles. The van der Waals surface area contributed by atoms with Crippen LogP contribution in [0.3, 0.4) is 0 Å². The van der Waals surface area contributed by atoms with Crippen molar-refractivity contribution >= 4 is 62.3 Å². The number of amides is 1. The SMILES string of the molecule is CCOc1cc(/C=N\N2C(=O)CSC2=S)cc(Br)c1OCC(=O)OC. The van der Waals surface area contributed by atoms with Crippen LogP contribution in [0.4, 0.5) is 0 Å². The highest BCUT2D eigenvalue weighted by Crippen LogP contribution is 2.36. The third-order valence-corrected chi connectivity index (χ3v) is 4.87. The summed E-state index contributed by atoms with van der Waals surface area (Å²) in [5.74, 6) is 0.455. The van der Waals surface area contributed by atoms with Gasteiger partial charge in [-0.25, -0.2) is 4.79 Å². The van der Waals surface area contributed by atoms with Gasteiger partial charge in [-0.15, -0.1) is 0 Å². The minimum atomic E-state index is -0.501. The Balaban J connectivity index is 2.24. The third kappa shape index (κ3) is 5.16. The second-order valence-electron chi connectivity index (χ2n) is 4.63. The maximum Gasteiger partial charge on any atom is 0.343 e. The van der Waals surface area contributed by atoms with E-state index in [1.807, 2.05) is 6.92 Å². The van der Waals surface area contributed by atoms with E-state index in [2.05, 4.69) is 25.8 Å². The molecule has 1 fully saturated rings. The fraction of sp³-hybridized carbons (Fsp3) is 0.333. The lowest BCUT2D eigenvalue weighted by Gasteiger charge is -2.14. The van der Waals surface area contributed by atoms with E-state index >= 15 is 0 Å². The van der Waals surface area contributed by atoms with E-state index in [4.69, 9.17) is 21.7 Å². The first kappa shape index (κ1) is 19.7. The number of hydrogen-bond acceptors (Lipinski definition) is 8. The summed E-state index contributed by atoms with van der Waals surface area (Å²) in [6.07, 6.45) is 1.51. The molecular weight excluding hydrogens is 432 g/mol. The van der Waals surface area contributed by atoms with Gasteiger partial charge in [0.2, 0.25) is 0 Å². The van der Waals surface area contributed by atoms with E-state index in [9.17, 15) is 9.59 Å². The van der Waals surface area contributed by atoms with Gasteiger partial charge in [-0.1, -0.05) is 24.0 Å². The number of carbonyl (C=O) groups is 2. The van der Waals surface area contributed by atoms with Crippen molar-refractivity contribution in [1.82, 2.24) is 5.01 Å². The molecule has 0 bridgehead atoms. The van der Waals surface area contributed by atoms with Gasteiger partial charge in [0.15, 0.2) is 22.4 Å². The van der Waals surface area contributed by atoms with Gasteiger partial charge >= 0.3 is 5.97 Å². The van der Waals surface area contributed by atoms with Crippen LogP contribution in [-0.4, -0.2) is 53.5 Å². The molecule has 1 aromatic rings. The Hall–Kier alpha value is -1.65. The van der Waals surface area contributed by atoms with Crippen LogP contribution in [0.2, 0.25) is 0 Å². The van der Waals surface area contributed by atoms with Crippen molar-refractivity contribution < 1.29 is 23.8 Å². The minimum absolute atomic E-state index is 0.159. The van der Waals surface area contributed by atoms with E-state index in [-0.39, 0.29) is 12.5 Å². The average molecular weight is 447 g/mol. The van der Waals surface area contributed by atoms with Gasteiger partial charge in [0.1, 0.15) is 0 Å². The summed E-state index contributed by atoms with van der Waals surface area (Å²) < 4.78 is 16.6. The van der Waals surface area contributed by atoms with E-state index in [1.165, 1.54) is 30.1 Å². The topological polar surface area (TPSA) is 77.4 Å². The molecule has 7 nitrogen and oxygen atoms in total. The summed E-state index contributed by atoms with van der Waals surface area (Å²) >= 11 is 9.74. The molecule has 1 aromatic carbocycles. The number of nitrogens with zero attached hydrogens (tertiary/aromatic N) is 2. The summed E-state index contributed by atoms with van der Waals surface area (Å²) in [4.78, 5) is 22.9. The molecule has 0 atom stereocenters. The second-order valence-corrected chi connectivity index (χ2v) is 7.10. The van der Waals surface area contributed by atoms with E-state index in [1.54, 1.807) is 12.1 Å². The fourth-order valence-corrected chi connectivity index (χ4v) is 3.38. The fourth-order valence-electron chi connectivity index (χ4n) is 1.84. The molecule has 1 amide bonds. The molecule has 0 radical (unpaired) electrons. The zero-order valence-corrected chi connectivity index (χ0v) is 16.7. The van der Waals surface area contributed by atoms with Crippen LogP contribution >= 0.6 is 39.9 Å². The van der Waals surface area contributed by atoms with Gasteiger partial charge in [0, 0.05) is 0 Å². The number of halogens is 1. The predicted octanol–water partition coefficient (Wildman–Crippen LogP) is 2.59. The molecule has 0 N–H and O–H groups in total. The molecule has 1 aliphatic rings. The van der Waals surface area contributed by atoms with Crippen LogP contribution in [-0.2, 0) is 14.3 Å². The van der Waals surface area contributed by atoms with Gasteiger partial charge in [-0.3, -0.25) is 4.79 Å². The third-order valence-electron chi connectivity index (χ3n) is 2.94. The Morgan fingerprint density at radius 1 is 1.48 bits per heavy atom. The number of hydrogen-bond donors (Lipinski definition) is 0. The van der Waals surface area contributed by atoms with Crippen LogP contribution in [0.25, 0.3) is 0 Å². The van der Waals surface area contributed by atoms with Gasteiger partial charge in [0.05, 0.1) is 30.2 Å². The first-order valence-electron chi connectivity index (χ1n) is 7.16. The van der Waals surface area contributed by atoms with Crippen LogP contribution in [0.15, 0.2) is 21.7 Å². The number of thiocarbonyl (C=S) groups is 1. The molecule has 1 saturated heterocycles. The maximum atomic E-state index is 11.7. The molecular formula is C15H15BrN2O5S2. The standard InChI is InChI=1S/C15H15BrN2O5S2/c1-3-22-11-5-9(6-17-18-12(19)8-25-15(18)24)4-10(16)14(11)23-7-13(20)21-2/h4-6H,3,7-8H2,1-2H3/b17-6-. The zero-order chi connectivity index (χ0) is 18.4. The number of hydrazone groups is 1. The average Bonchev–Trinajstić information content (AvgIpc) is 2.90. The maximum absolute atomic E-state index is 11.7. The molecule has 1 heterocycles. The lowest BCUT2D eigenvalue weighted by atomic mass is 10.2. The van der Waals surface area contributed by atoms with Crippen molar-refractivity contribution in [2.24, 2.45) is 5.10 Å². The molecule has 1 aliphatic heterocycles. The molecule has 0 aliphatic carbocycles. The molecule has 0 aromatic heterocycles. The summed E-state index contributed by atoms with van der Waals surface area (Å²) in [5, 5.41) is 5.31. The van der Waals surface area contributed by atoms with Gasteiger partial charge in [0.25, 0.3) is 5.91 Å². The van der Waals surface area contributed by atoms with E-state index < -0.39 is 5.97 Å². The molecule has 2 rings (SSSR count). The van der Waals surface area contributed by atoms with Gasteiger partial charge in [-0.2, -0.15) is 10.1 Å².